The summed E-state index contributed by atoms with van der Waals surface area (Å²) in [5, 5.41) is 2.51. The molecule has 0 spiro atoms. The Morgan fingerprint density at radius 2 is 1.70 bits per heavy atom. The molecule has 3 amide bonds. The molecule has 0 bridgehead atoms. The fourth-order valence-electron chi connectivity index (χ4n) is 4.05. The SMILES string of the molecule is COc1ccc(C(=O)CCC(=O)N2CCC(c3nc(C(=O)NNC(=O)c4ccc(C)s4)cs3)CC2)cc1. The predicted molar refractivity (Wildman–Crippen MR) is 141 cm³/mol. The van der Waals surface area contributed by atoms with E-state index in [1.54, 1.807) is 47.7 Å². The Morgan fingerprint density at radius 1 is 1.00 bits per heavy atom. The number of ketones is 1. The molecule has 0 unspecified atom stereocenters. The van der Waals surface area contributed by atoms with Gasteiger partial charge in [0.05, 0.1) is 17.0 Å². The number of methoxy groups -OCH3 is 1. The van der Waals surface area contributed by atoms with Gasteiger partial charge in [0.15, 0.2) is 5.78 Å². The molecule has 0 aliphatic carbocycles. The van der Waals surface area contributed by atoms with Gasteiger partial charge in [0.2, 0.25) is 5.91 Å². The summed E-state index contributed by atoms with van der Waals surface area (Å²) in [4.78, 5) is 57.4. The van der Waals surface area contributed by atoms with Crippen molar-refractivity contribution in [3.8, 4) is 5.75 Å². The van der Waals surface area contributed by atoms with Gasteiger partial charge < -0.3 is 9.64 Å². The molecule has 0 atom stereocenters. The Labute approximate surface area is 222 Å². The Kier molecular flexibility index (Phi) is 8.67. The van der Waals surface area contributed by atoms with Crippen molar-refractivity contribution < 1.29 is 23.9 Å². The number of hydrogen-bond acceptors (Lipinski definition) is 8. The number of hydrogen-bond donors (Lipinski definition) is 2. The highest BCUT2D eigenvalue weighted by molar-refractivity contribution is 7.14. The second-order valence-electron chi connectivity index (χ2n) is 8.70. The van der Waals surface area contributed by atoms with Crippen LogP contribution in [0.2, 0.25) is 0 Å². The molecule has 194 valence electrons. The van der Waals surface area contributed by atoms with E-state index in [1.807, 2.05) is 13.0 Å². The van der Waals surface area contributed by atoms with E-state index >= 15 is 0 Å². The fraction of sp³-hybridized carbons (Fsp3) is 0.346. The highest BCUT2D eigenvalue weighted by Gasteiger charge is 2.26. The summed E-state index contributed by atoms with van der Waals surface area (Å²) in [5.41, 5.74) is 5.64. The van der Waals surface area contributed by atoms with Crippen LogP contribution >= 0.6 is 22.7 Å². The van der Waals surface area contributed by atoms with Crippen molar-refractivity contribution in [3.63, 3.8) is 0 Å². The molecule has 1 aliphatic rings. The zero-order valence-corrected chi connectivity index (χ0v) is 22.2. The Hall–Kier alpha value is -3.57. The minimum atomic E-state index is -0.474. The van der Waals surface area contributed by atoms with Crippen molar-refractivity contribution in [2.45, 2.75) is 38.5 Å². The highest BCUT2D eigenvalue weighted by Crippen LogP contribution is 2.30. The maximum Gasteiger partial charge on any atom is 0.289 e. The van der Waals surface area contributed by atoms with E-state index in [9.17, 15) is 19.2 Å². The van der Waals surface area contributed by atoms with Gasteiger partial charge in [-0.3, -0.25) is 30.0 Å². The number of rotatable bonds is 8. The molecule has 1 fully saturated rings. The number of thiazole rings is 1. The van der Waals surface area contributed by atoms with E-state index in [4.69, 9.17) is 4.74 Å². The number of Topliss-reactive ketones (excluding diaryl/α,β-unsaturated/α-hetero) is 1. The number of thiophene rings is 1. The molecule has 1 aromatic carbocycles. The summed E-state index contributed by atoms with van der Waals surface area (Å²) < 4.78 is 5.11. The normalized spacial score (nSPS) is 13.7. The minimum absolute atomic E-state index is 0.0313. The Balaban J connectivity index is 1.21. The van der Waals surface area contributed by atoms with E-state index in [0.29, 0.717) is 29.3 Å². The third-order valence-corrected chi connectivity index (χ3v) is 8.19. The van der Waals surface area contributed by atoms with E-state index in [-0.39, 0.29) is 42.1 Å². The number of amides is 3. The van der Waals surface area contributed by atoms with Gasteiger partial charge in [-0.1, -0.05) is 0 Å². The molecule has 9 nitrogen and oxygen atoms in total. The largest absolute Gasteiger partial charge is 0.497 e. The number of aromatic nitrogens is 1. The summed E-state index contributed by atoms with van der Waals surface area (Å²) >= 11 is 2.75. The molecule has 1 aliphatic heterocycles. The summed E-state index contributed by atoms with van der Waals surface area (Å²) in [6.45, 7) is 3.07. The van der Waals surface area contributed by atoms with Crippen LogP contribution in [-0.2, 0) is 4.79 Å². The van der Waals surface area contributed by atoms with E-state index in [2.05, 4.69) is 15.8 Å². The van der Waals surface area contributed by atoms with Crippen LogP contribution in [0.5, 0.6) is 5.75 Å². The van der Waals surface area contributed by atoms with E-state index < -0.39 is 5.91 Å². The van der Waals surface area contributed by atoms with Crippen molar-refractivity contribution in [3.05, 3.63) is 67.8 Å². The second-order valence-corrected chi connectivity index (χ2v) is 10.9. The minimum Gasteiger partial charge on any atom is -0.497 e. The Morgan fingerprint density at radius 3 is 2.35 bits per heavy atom. The zero-order chi connectivity index (χ0) is 26.4. The number of hydrazine groups is 1. The summed E-state index contributed by atoms with van der Waals surface area (Å²) in [6.07, 6.45) is 1.81. The number of carbonyl (C=O) groups is 4. The van der Waals surface area contributed by atoms with Crippen molar-refractivity contribution in [1.29, 1.82) is 0 Å². The smallest absolute Gasteiger partial charge is 0.289 e. The molecule has 4 rings (SSSR count). The fourth-order valence-corrected chi connectivity index (χ4v) is 5.78. The molecule has 1 saturated heterocycles. The van der Waals surface area contributed by atoms with Crippen molar-refractivity contribution in [2.75, 3.05) is 20.2 Å². The monoisotopic (exact) mass is 540 g/mol. The average molecular weight is 541 g/mol. The maximum absolute atomic E-state index is 12.7. The van der Waals surface area contributed by atoms with Gasteiger partial charge in [-0.2, -0.15) is 0 Å². The average Bonchev–Trinajstić information content (AvgIpc) is 3.60. The van der Waals surface area contributed by atoms with Crippen LogP contribution in [0.1, 0.15) is 72.0 Å². The van der Waals surface area contributed by atoms with Crippen LogP contribution in [0.15, 0.2) is 41.8 Å². The highest BCUT2D eigenvalue weighted by atomic mass is 32.1. The van der Waals surface area contributed by atoms with Crippen molar-refractivity contribution in [2.24, 2.45) is 0 Å². The number of nitrogens with one attached hydrogen (secondary N) is 2. The third-order valence-electron chi connectivity index (χ3n) is 6.18. The van der Waals surface area contributed by atoms with Crippen molar-refractivity contribution >= 4 is 46.2 Å². The van der Waals surface area contributed by atoms with Gasteiger partial charge in [0.25, 0.3) is 11.8 Å². The van der Waals surface area contributed by atoms with Crippen molar-refractivity contribution in [1.82, 2.24) is 20.7 Å². The predicted octanol–water partition coefficient (Wildman–Crippen LogP) is 3.97. The van der Waals surface area contributed by atoms with Gasteiger partial charge in [-0.25, -0.2) is 4.98 Å². The number of ether oxygens (including phenoxy) is 1. The first-order valence-electron chi connectivity index (χ1n) is 11.9. The molecule has 3 heterocycles. The lowest BCUT2D eigenvalue weighted by Crippen LogP contribution is -2.41. The summed E-state index contributed by atoms with van der Waals surface area (Å²) in [6, 6.07) is 10.4. The molecular weight excluding hydrogens is 512 g/mol. The first kappa shape index (κ1) is 26.5. The number of likely N-dealkylation sites (tertiary alicyclic amines) is 1. The molecule has 2 aromatic heterocycles. The molecule has 11 heteroatoms. The third kappa shape index (κ3) is 6.80. The molecular formula is C26H28N4O5S2. The topological polar surface area (TPSA) is 118 Å². The first-order valence-corrected chi connectivity index (χ1v) is 13.6. The van der Waals surface area contributed by atoms with Crippen LogP contribution in [0.25, 0.3) is 0 Å². The number of benzene rings is 1. The number of piperidine rings is 1. The molecule has 0 saturated carbocycles. The lowest BCUT2D eigenvalue weighted by atomic mass is 9.97. The van der Waals surface area contributed by atoms with Crippen LogP contribution in [-0.4, -0.2) is 53.6 Å². The lowest BCUT2D eigenvalue weighted by molar-refractivity contribution is -0.132. The quantitative estimate of drug-likeness (QED) is 0.330. The molecule has 3 aromatic rings. The van der Waals surface area contributed by atoms with E-state index in [1.165, 1.54) is 22.7 Å². The molecule has 0 radical (unpaired) electrons. The number of nitrogens with zero attached hydrogens (tertiary/aromatic N) is 2. The number of carbonyl (C=O) groups excluding carboxylic acids is 4. The van der Waals surface area contributed by atoms with Gasteiger partial charge in [-0.05, 0) is 56.2 Å². The van der Waals surface area contributed by atoms with Crippen LogP contribution in [0.4, 0.5) is 0 Å². The maximum atomic E-state index is 12.7. The van der Waals surface area contributed by atoms with Gasteiger partial charge in [-0.15, -0.1) is 22.7 Å². The Bertz CT molecular complexity index is 1280. The summed E-state index contributed by atoms with van der Waals surface area (Å²) in [5.74, 6) is -0.111. The molecule has 2 N–H and O–H groups in total. The zero-order valence-electron chi connectivity index (χ0n) is 20.6. The summed E-state index contributed by atoms with van der Waals surface area (Å²) in [7, 11) is 1.57. The number of aryl methyl sites for hydroxylation is 1. The van der Waals surface area contributed by atoms with Gasteiger partial charge in [0, 0.05) is 47.7 Å². The van der Waals surface area contributed by atoms with Crippen LogP contribution in [0.3, 0.4) is 0 Å². The second kappa shape index (κ2) is 12.1. The first-order chi connectivity index (χ1) is 17.8. The lowest BCUT2D eigenvalue weighted by Gasteiger charge is -2.31. The van der Waals surface area contributed by atoms with Gasteiger partial charge >= 0.3 is 0 Å². The van der Waals surface area contributed by atoms with Crippen LogP contribution in [0, 0.1) is 6.92 Å². The van der Waals surface area contributed by atoms with Gasteiger partial charge in [0.1, 0.15) is 11.4 Å². The molecule has 37 heavy (non-hydrogen) atoms. The van der Waals surface area contributed by atoms with E-state index in [0.717, 1.165) is 22.7 Å². The standard InChI is InChI=1S/C26H28N4O5S2/c1-16-3-9-22(37-16)25(34)29-28-24(33)20-15-36-26(27-20)18-11-13-30(14-12-18)23(32)10-8-21(31)17-4-6-19(35-2)7-5-17/h3-7,9,15,18H,8,10-14H2,1-2H3,(H,28,33)(H,29,34). The van der Waals surface area contributed by atoms with Crippen LogP contribution < -0.4 is 15.6 Å².